The van der Waals surface area contributed by atoms with Gasteiger partial charge in [-0.1, -0.05) is 32.0 Å². The van der Waals surface area contributed by atoms with E-state index in [9.17, 15) is 18.7 Å². The van der Waals surface area contributed by atoms with Gasteiger partial charge in [0.1, 0.15) is 5.69 Å². The minimum atomic E-state index is -3.05. The third-order valence-electron chi connectivity index (χ3n) is 6.45. The van der Waals surface area contributed by atoms with Gasteiger partial charge in [-0.25, -0.2) is 9.78 Å². The fraction of sp³-hybridized carbons (Fsp3) is 0.556. The van der Waals surface area contributed by atoms with Crippen LogP contribution in [0.1, 0.15) is 77.0 Å². The average molecular weight is 490 g/mol. The summed E-state index contributed by atoms with van der Waals surface area (Å²) in [5, 5.41) is 13.0. The number of ether oxygens (including phenoxy) is 1. The second kappa shape index (κ2) is 11.3. The predicted molar refractivity (Wildman–Crippen MR) is 134 cm³/mol. The SMILES string of the molecule is Cc1ccc(NC(=O)N(c2ccccc2C(C)C)C2CCC(CC(C)(C)O)CC2)c(OC(F)F)n1. The van der Waals surface area contributed by atoms with Crippen LogP contribution in [0.2, 0.25) is 0 Å². The van der Waals surface area contributed by atoms with Gasteiger partial charge in [-0.05, 0) is 88.5 Å². The van der Waals surface area contributed by atoms with Crippen LogP contribution in [-0.4, -0.2) is 34.4 Å². The summed E-state index contributed by atoms with van der Waals surface area (Å²) in [6.07, 6.45) is 4.08. The number of carbonyl (C=O) groups excluding carboxylic acids is 1. The molecule has 1 saturated carbocycles. The number of hydrogen-bond acceptors (Lipinski definition) is 4. The van der Waals surface area contributed by atoms with Gasteiger partial charge in [-0.3, -0.25) is 4.90 Å². The normalized spacial score (nSPS) is 18.6. The number of rotatable bonds is 8. The van der Waals surface area contributed by atoms with Crippen molar-refractivity contribution in [3.05, 3.63) is 47.7 Å². The van der Waals surface area contributed by atoms with Crippen molar-refractivity contribution < 1.29 is 23.4 Å². The zero-order chi connectivity index (χ0) is 25.8. The molecule has 0 atom stereocenters. The molecule has 8 heteroatoms. The highest BCUT2D eigenvalue weighted by atomic mass is 19.3. The topological polar surface area (TPSA) is 74.7 Å². The van der Waals surface area contributed by atoms with Crippen LogP contribution in [-0.2, 0) is 0 Å². The quantitative estimate of drug-likeness (QED) is 0.424. The van der Waals surface area contributed by atoms with Crippen molar-refractivity contribution in [2.75, 3.05) is 10.2 Å². The number of aliphatic hydroxyl groups is 1. The van der Waals surface area contributed by atoms with E-state index in [1.54, 1.807) is 17.9 Å². The largest absolute Gasteiger partial charge is 0.415 e. The Morgan fingerprint density at radius 1 is 1.17 bits per heavy atom. The van der Waals surface area contributed by atoms with E-state index in [4.69, 9.17) is 0 Å². The first-order valence-electron chi connectivity index (χ1n) is 12.3. The number of nitrogens with one attached hydrogen (secondary N) is 1. The predicted octanol–water partition coefficient (Wildman–Crippen LogP) is 6.87. The smallest absolute Gasteiger partial charge is 0.388 e. The highest BCUT2D eigenvalue weighted by molar-refractivity contribution is 6.03. The lowest BCUT2D eigenvalue weighted by molar-refractivity contribution is -0.0523. The lowest BCUT2D eigenvalue weighted by atomic mass is 9.79. The molecule has 6 nitrogen and oxygen atoms in total. The highest BCUT2D eigenvalue weighted by Crippen LogP contribution is 2.37. The molecule has 192 valence electrons. The van der Waals surface area contributed by atoms with Gasteiger partial charge in [0.2, 0.25) is 5.88 Å². The second-order valence-electron chi connectivity index (χ2n) is 10.4. The summed E-state index contributed by atoms with van der Waals surface area (Å²) < 4.78 is 30.5. The zero-order valence-corrected chi connectivity index (χ0v) is 21.2. The van der Waals surface area contributed by atoms with E-state index in [1.165, 1.54) is 6.07 Å². The number of alkyl halides is 2. The van der Waals surface area contributed by atoms with Gasteiger partial charge >= 0.3 is 12.6 Å². The van der Waals surface area contributed by atoms with E-state index >= 15 is 0 Å². The van der Waals surface area contributed by atoms with Gasteiger partial charge in [0, 0.05) is 17.4 Å². The molecule has 0 saturated heterocycles. The molecule has 35 heavy (non-hydrogen) atoms. The van der Waals surface area contributed by atoms with Crippen LogP contribution in [0, 0.1) is 12.8 Å². The lowest BCUT2D eigenvalue weighted by Crippen LogP contribution is -2.46. The number of carbonyl (C=O) groups is 1. The molecule has 2 N–H and O–H groups in total. The summed E-state index contributed by atoms with van der Waals surface area (Å²) in [5.41, 5.74) is 1.72. The van der Waals surface area contributed by atoms with E-state index in [0.717, 1.165) is 43.4 Å². The van der Waals surface area contributed by atoms with Crippen LogP contribution >= 0.6 is 0 Å². The van der Waals surface area contributed by atoms with Gasteiger partial charge in [0.05, 0.1) is 5.60 Å². The third kappa shape index (κ3) is 7.37. The Morgan fingerprint density at radius 3 is 2.43 bits per heavy atom. The minimum absolute atomic E-state index is 0.0640. The Kier molecular flexibility index (Phi) is 8.70. The van der Waals surface area contributed by atoms with Crippen molar-refractivity contribution in [1.82, 2.24) is 4.98 Å². The molecule has 2 aromatic rings. The maximum Gasteiger partial charge on any atom is 0.388 e. The van der Waals surface area contributed by atoms with E-state index < -0.39 is 18.2 Å². The number of nitrogens with zero attached hydrogens (tertiary/aromatic N) is 2. The summed E-state index contributed by atoms with van der Waals surface area (Å²) in [5.74, 6) is 0.273. The number of anilines is 2. The van der Waals surface area contributed by atoms with E-state index in [0.29, 0.717) is 11.6 Å². The van der Waals surface area contributed by atoms with E-state index in [1.807, 2.05) is 38.1 Å². The Balaban J connectivity index is 1.91. The van der Waals surface area contributed by atoms with Gasteiger partial charge in [-0.2, -0.15) is 8.78 Å². The van der Waals surface area contributed by atoms with Crippen molar-refractivity contribution in [2.24, 2.45) is 5.92 Å². The number of benzene rings is 1. The summed E-state index contributed by atoms with van der Waals surface area (Å²) >= 11 is 0. The van der Waals surface area contributed by atoms with Crippen LogP contribution in [0.15, 0.2) is 36.4 Å². The zero-order valence-electron chi connectivity index (χ0n) is 21.2. The number of amides is 2. The molecule has 0 bridgehead atoms. The summed E-state index contributed by atoms with van der Waals surface area (Å²) in [4.78, 5) is 19.5. The molecule has 1 aromatic heterocycles. The standard InChI is InChI=1S/C27H37F2N3O3/c1-17(2)21-8-6-7-9-23(21)32(20-13-11-19(12-14-20)16-27(4,5)34)26(33)31-22-15-10-18(3)30-24(22)35-25(28)29/h6-10,15,17,19-20,25,34H,11-14,16H2,1-5H3,(H,31,33). The molecule has 1 heterocycles. The lowest BCUT2D eigenvalue weighted by Gasteiger charge is -2.39. The minimum Gasteiger partial charge on any atom is -0.415 e. The number of pyridine rings is 1. The number of para-hydroxylation sites is 1. The van der Waals surface area contributed by atoms with Crippen molar-refractivity contribution in [3.63, 3.8) is 0 Å². The Bertz CT molecular complexity index is 999. The van der Waals surface area contributed by atoms with Gasteiger partial charge < -0.3 is 15.2 Å². The molecular weight excluding hydrogens is 452 g/mol. The average Bonchev–Trinajstić information content (AvgIpc) is 2.76. The molecule has 0 radical (unpaired) electrons. The fourth-order valence-electron chi connectivity index (χ4n) is 4.96. The number of aromatic nitrogens is 1. The highest BCUT2D eigenvalue weighted by Gasteiger charge is 2.33. The monoisotopic (exact) mass is 489 g/mol. The second-order valence-corrected chi connectivity index (χ2v) is 10.4. The van der Waals surface area contributed by atoms with Crippen LogP contribution in [0.4, 0.5) is 25.0 Å². The van der Waals surface area contributed by atoms with Gasteiger partial charge in [0.15, 0.2) is 0 Å². The molecule has 0 unspecified atom stereocenters. The van der Waals surface area contributed by atoms with Gasteiger partial charge in [-0.15, -0.1) is 0 Å². The molecule has 1 aliphatic carbocycles. The Morgan fingerprint density at radius 2 is 1.83 bits per heavy atom. The Hall–Kier alpha value is -2.74. The maximum atomic E-state index is 13.7. The first-order chi connectivity index (χ1) is 16.4. The van der Waals surface area contributed by atoms with E-state index in [2.05, 4.69) is 28.9 Å². The van der Waals surface area contributed by atoms with Crippen LogP contribution in [0.5, 0.6) is 5.88 Å². The summed E-state index contributed by atoms with van der Waals surface area (Å²) in [7, 11) is 0. The number of urea groups is 1. The fourth-order valence-corrected chi connectivity index (χ4v) is 4.96. The molecule has 1 fully saturated rings. The number of halogens is 2. The molecule has 1 aliphatic rings. The van der Waals surface area contributed by atoms with Crippen molar-refractivity contribution >= 4 is 17.4 Å². The molecule has 3 rings (SSSR count). The van der Waals surface area contributed by atoms with E-state index in [-0.39, 0.29) is 23.5 Å². The van der Waals surface area contributed by atoms with Crippen molar-refractivity contribution in [1.29, 1.82) is 0 Å². The summed E-state index contributed by atoms with van der Waals surface area (Å²) in [6.45, 7) is 6.42. The molecule has 1 aromatic carbocycles. The molecule has 0 aliphatic heterocycles. The maximum absolute atomic E-state index is 13.7. The van der Waals surface area contributed by atoms with Crippen LogP contribution < -0.4 is 15.0 Å². The van der Waals surface area contributed by atoms with Crippen molar-refractivity contribution in [3.8, 4) is 5.88 Å². The van der Waals surface area contributed by atoms with Crippen molar-refractivity contribution in [2.45, 2.75) is 90.9 Å². The summed E-state index contributed by atoms with van der Waals surface area (Å²) in [6, 6.07) is 10.5. The number of aryl methyl sites for hydroxylation is 1. The first-order valence-corrected chi connectivity index (χ1v) is 12.3. The molecular formula is C27H37F2N3O3. The van der Waals surface area contributed by atoms with Crippen LogP contribution in [0.3, 0.4) is 0 Å². The Labute approximate surface area is 206 Å². The first kappa shape index (κ1) is 26.9. The molecule has 2 amide bonds. The molecule has 0 spiro atoms. The van der Waals surface area contributed by atoms with Gasteiger partial charge in [0.25, 0.3) is 0 Å². The van der Waals surface area contributed by atoms with Crippen LogP contribution in [0.25, 0.3) is 0 Å². The number of hydrogen-bond donors (Lipinski definition) is 2. The third-order valence-corrected chi connectivity index (χ3v) is 6.45.